The second-order valence-corrected chi connectivity index (χ2v) is 7.46. The molecular weight excluding hydrogens is 368 g/mol. The van der Waals surface area contributed by atoms with Crippen LogP contribution >= 0.6 is 11.6 Å². The number of hydrogen-bond donors (Lipinski definition) is 2. The van der Waals surface area contributed by atoms with Crippen molar-refractivity contribution >= 4 is 29.4 Å². The van der Waals surface area contributed by atoms with Crippen LogP contribution in [-0.4, -0.2) is 36.5 Å². The third-order valence-electron chi connectivity index (χ3n) is 4.84. The van der Waals surface area contributed by atoms with Gasteiger partial charge in [0.25, 0.3) is 11.8 Å². The Morgan fingerprint density at radius 2 is 1.85 bits per heavy atom. The average molecular weight is 395 g/mol. The molecule has 2 N–H and O–H groups in total. The lowest BCUT2D eigenvalue weighted by atomic mass is 9.86. The van der Waals surface area contributed by atoms with E-state index in [-0.39, 0.29) is 30.8 Å². The molecule has 1 aromatic rings. The van der Waals surface area contributed by atoms with E-state index in [4.69, 9.17) is 16.3 Å². The molecule has 0 bridgehead atoms. The zero-order valence-corrected chi connectivity index (χ0v) is 16.6. The topological polar surface area (TPSA) is 84.5 Å². The molecule has 1 fully saturated rings. The van der Waals surface area contributed by atoms with Crippen LogP contribution in [-0.2, 0) is 14.3 Å². The van der Waals surface area contributed by atoms with E-state index in [1.165, 1.54) is 6.42 Å². The molecule has 0 aromatic heterocycles. The van der Waals surface area contributed by atoms with Crippen molar-refractivity contribution < 1.29 is 19.1 Å². The molecule has 1 aliphatic rings. The van der Waals surface area contributed by atoms with E-state index in [0.717, 1.165) is 19.3 Å². The van der Waals surface area contributed by atoms with Crippen molar-refractivity contribution in [3.05, 3.63) is 34.9 Å². The van der Waals surface area contributed by atoms with Crippen molar-refractivity contribution in [2.75, 3.05) is 6.54 Å². The third-order valence-corrected chi connectivity index (χ3v) is 5.09. The molecule has 1 aliphatic carbocycles. The number of amides is 2. The number of nitrogens with one attached hydrogen (secondary N) is 2. The molecule has 6 nitrogen and oxygen atoms in total. The molecule has 0 heterocycles. The van der Waals surface area contributed by atoms with E-state index < -0.39 is 12.1 Å². The van der Waals surface area contributed by atoms with Crippen LogP contribution in [0.1, 0.15) is 56.3 Å². The van der Waals surface area contributed by atoms with Crippen LogP contribution in [0.2, 0.25) is 5.02 Å². The number of rotatable bonds is 7. The lowest BCUT2D eigenvalue weighted by molar-refractivity contribution is -0.155. The minimum atomic E-state index is -0.849. The minimum Gasteiger partial charge on any atom is -0.452 e. The summed E-state index contributed by atoms with van der Waals surface area (Å²) in [5, 5.41) is 6.16. The summed E-state index contributed by atoms with van der Waals surface area (Å²) in [6, 6.07) is 6.60. The van der Waals surface area contributed by atoms with Gasteiger partial charge < -0.3 is 15.4 Å². The maximum Gasteiger partial charge on any atom is 0.308 e. The fourth-order valence-electron chi connectivity index (χ4n) is 3.12. The largest absolute Gasteiger partial charge is 0.452 e. The van der Waals surface area contributed by atoms with Crippen molar-refractivity contribution in [1.82, 2.24) is 10.6 Å². The first-order valence-electron chi connectivity index (χ1n) is 9.40. The normalized spacial score (nSPS) is 20.4. The van der Waals surface area contributed by atoms with Gasteiger partial charge in [0.15, 0.2) is 6.10 Å². The maximum atomic E-state index is 12.2. The smallest absolute Gasteiger partial charge is 0.308 e. The summed E-state index contributed by atoms with van der Waals surface area (Å²) < 4.78 is 5.17. The Bertz CT molecular complexity index is 662. The highest BCUT2D eigenvalue weighted by Crippen LogP contribution is 2.23. The predicted octanol–water partition coefficient (Wildman–Crippen LogP) is 3.09. The van der Waals surface area contributed by atoms with Crippen LogP contribution in [0.5, 0.6) is 0 Å². The molecule has 0 saturated heterocycles. The third kappa shape index (κ3) is 6.86. The molecule has 148 valence electrons. The quantitative estimate of drug-likeness (QED) is 0.696. The van der Waals surface area contributed by atoms with E-state index in [2.05, 4.69) is 17.6 Å². The summed E-state index contributed by atoms with van der Waals surface area (Å²) in [5.74, 6) is -0.650. The van der Waals surface area contributed by atoms with E-state index in [1.54, 1.807) is 31.2 Å². The zero-order chi connectivity index (χ0) is 19.8. The van der Waals surface area contributed by atoms with Gasteiger partial charge in [-0.25, -0.2) is 0 Å². The van der Waals surface area contributed by atoms with Crippen molar-refractivity contribution in [2.24, 2.45) is 5.92 Å². The zero-order valence-electron chi connectivity index (χ0n) is 15.8. The Hall–Kier alpha value is -2.08. The fraction of sp³-hybridized carbons (Fsp3) is 0.550. The first-order chi connectivity index (χ1) is 12.9. The summed E-state index contributed by atoms with van der Waals surface area (Å²) in [4.78, 5) is 36.1. The molecule has 7 heteroatoms. The molecule has 2 amide bonds. The van der Waals surface area contributed by atoms with Gasteiger partial charge in [0, 0.05) is 23.2 Å². The van der Waals surface area contributed by atoms with Gasteiger partial charge in [0.2, 0.25) is 0 Å². The van der Waals surface area contributed by atoms with Gasteiger partial charge in [-0.15, -0.1) is 0 Å². The molecule has 2 rings (SSSR count). The van der Waals surface area contributed by atoms with Crippen molar-refractivity contribution in [2.45, 2.75) is 58.1 Å². The minimum absolute atomic E-state index is 0.00319. The second-order valence-electron chi connectivity index (χ2n) is 7.02. The number of ether oxygens (including phenoxy) is 1. The molecule has 0 spiro atoms. The molecular formula is C20H27ClN2O4. The summed E-state index contributed by atoms with van der Waals surface area (Å²) in [6.07, 6.45) is 3.52. The lowest BCUT2D eigenvalue weighted by Gasteiger charge is -2.30. The van der Waals surface area contributed by atoms with Gasteiger partial charge in [0.1, 0.15) is 0 Å². The van der Waals surface area contributed by atoms with E-state index in [9.17, 15) is 14.4 Å². The Morgan fingerprint density at radius 3 is 2.52 bits per heavy atom. The van der Waals surface area contributed by atoms with Crippen molar-refractivity contribution in [3.63, 3.8) is 0 Å². The van der Waals surface area contributed by atoms with Gasteiger partial charge in [-0.05, 0) is 49.9 Å². The molecule has 1 saturated carbocycles. The van der Waals surface area contributed by atoms with Gasteiger partial charge in [0.05, 0.1) is 6.42 Å². The number of halogens is 1. The first-order valence-corrected chi connectivity index (χ1v) is 9.78. The SMILES string of the molecule is C[C@@H](OC(=O)CCNC(=O)c1ccc(Cl)cc1)C(=O)N[C@@H]1CCCC[C@@H]1C. The summed E-state index contributed by atoms with van der Waals surface area (Å²) >= 11 is 5.78. The van der Waals surface area contributed by atoms with E-state index in [1.807, 2.05) is 0 Å². The van der Waals surface area contributed by atoms with Crippen LogP contribution < -0.4 is 10.6 Å². The van der Waals surface area contributed by atoms with Crippen molar-refractivity contribution in [1.29, 1.82) is 0 Å². The highest BCUT2D eigenvalue weighted by molar-refractivity contribution is 6.30. The monoisotopic (exact) mass is 394 g/mol. The lowest BCUT2D eigenvalue weighted by Crippen LogP contribution is -2.46. The molecule has 27 heavy (non-hydrogen) atoms. The molecule has 3 atom stereocenters. The maximum absolute atomic E-state index is 12.2. The Morgan fingerprint density at radius 1 is 1.19 bits per heavy atom. The number of benzene rings is 1. The van der Waals surface area contributed by atoms with E-state index >= 15 is 0 Å². The first kappa shape index (κ1) is 21.2. The van der Waals surface area contributed by atoms with Crippen molar-refractivity contribution in [3.8, 4) is 0 Å². The van der Waals surface area contributed by atoms with Crippen LogP contribution in [0, 0.1) is 5.92 Å². The second kappa shape index (κ2) is 10.3. The average Bonchev–Trinajstić information content (AvgIpc) is 2.64. The molecule has 0 radical (unpaired) electrons. The number of esters is 1. The molecule has 0 aliphatic heterocycles. The standard InChI is InChI=1S/C20H27ClN2O4/c1-13-5-3-4-6-17(13)23-19(25)14(2)27-18(24)11-12-22-20(26)15-7-9-16(21)10-8-15/h7-10,13-14,17H,3-6,11-12H2,1-2H3,(H,22,26)(H,23,25)/t13-,14+,17+/m0/s1. The van der Waals surface area contributed by atoms with Gasteiger partial charge in [-0.1, -0.05) is 31.4 Å². The van der Waals surface area contributed by atoms with E-state index in [0.29, 0.717) is 16.5 Å². The summed E-state index contributed by atoms with van der Waals surface area (Å²) in [6.45, 7) is 3.82. The number of carbonyl (C=O) groups excluding carboxylic acids is 3. The van der Waals surface area contributed by atoms with Gasteiger partial charge >= 0.3 is 5.97 Å². The summed E-state index contributed by atoms with van der Waals surface area (Å²) in [7, 11) is 0. The Balaban J connectivity index is 1.68. The fourth-order valence-corrected chi connectivity index (χ4v) is 3.25. The van der Waals surface area contributed by atoms with Crippen LogP contribution in [0.3, 0.4) is 0 Å². The van der Waals surface area contributed by atoms with Crippen LogP contribution in [0.4, 0.5) is 0 Å². The predicted molar refractivity (Wildman–Crippen MR) is 104 cm³/mol. The van der Waals surface area contributed by atoms with Crippen LogP contribution in [0.15, 0.2) is 24.3 Å². The Kier molecular flexibility index (Phi) is 8.10. The Labute approximate surface area is 165 Å². The molecule has 1 aromatic carbocycles. The molecule has 0 unspecified atom stereocenters. The van der Waals surface area contributed by atoms with Crippen LogP contribution in [0.25, 0.3) is 0 Å². The summed E-state index contributed by atoms with van der Waals surface area (Å²) in [5.41, 5.74) is 0.460. The number of carbonyl (C=O) groups is 3. The van der Waals surface area contributed by atoms with Gasteiger partial charge in [-0.2, -0.15) is 0 Å². The highest BCUT2D eigenvalue weighted by Gasteiger charge is 2.26. The highest BCUT2D eigenvalue weighted by atomic mass is 35.5. The van der Waals surface area contributed by atoms with Gasteiger partial charge in [-0.3, -0.25) is 14.4 Å². The number of hydrogen-bond acceptors (Lipinski definition) is 4.